The van der Waals surface area contributed by atoms with Gasteiger partial charge in [-0.3, -0.25) is 4.57 Å². The van der Waals surface area contributed by atoms with Gasteiger partial charge in [-0.2, -0.15) is 0 Å². The summed E-state index contributed by atoms with van der Waals surface area (Å²) < 4.78 is 20.2. The van der Waals surface area contributed by atoms with E-state index >= 15 is 0 Å². The molecule has 0 bridgehead atoms. The van der Waals surface area contributed by atoms with Gasteiger partial charge in [0.1, 0.15) is 12.3 Å². The van der Waals surface area contributed by atoms with Gasteiger partial charge in [0.2, 0.25) is 0 Å². The number of ether oxygens (including phenoxy) is 1. The summed E-state index contributed by atoms with van der Waals surface area (Å²) in [6.07, 6.45) is -1.98. The Morgan fingerprint density at radius 2 is 2.40 bits per heavy atom. The summed E-state index contributed by atoms with van der Waals surface area (Å²) >= 11 is 0. The number of primary amides is 1. The van der Waals surface area contributed by atoms with Gasteiger partial charge in [0.05, 0.1) is 12.7 Å². The molecule has 9 heteroatoms. The monoisotopic (exact) mass is 240 g/mol. The molecule has 15 heavy (non-hydrogen) atoms. The molecule has 0 aromatic carbocycles. The first-order chi connectivity index (χ1) is 7.02. The number of aliphatic hydroxyl groups is 1. The Bertz CT molecular complexity index is 262. The van der Waals surface area contributed by atoms with E-state index in [9.17, 15) is 9.36 Å². The maximum absolute atomic E-state index is 10.5. The van der Waals surface area contributed by atoms with E-state index in [1.165, 1.54) is 0 Å². The minimum atomic E-state index is -3.10. The van der Waals surface area contributed by atoms with Gasteiger partial charge in [0.25, 0.3) is 0 Å². The zero-order valence-corrected chi connectivity index (χ0v) is 8.75. The summed E-state index contributed by atoms with van der Waals surface area (Å²) in [5, 5.41) is 11.1. The first kappa shape index (κ1) is 12.4. The fraction of sp³-hybridized carbons (Fsp3) is 0.833. The number of nitrogens with one attached hydrogen (secondary N) is 1. The second-order valence-electron chi connectivity index (χ2n) is 3.01. The van der Waals surface area contributed by atoms with Crippen LogP contribution in [0, 0.1) is 0 Å². The number of carbonyl (C=O) groups is 1. The molecule has 5 N–H and O–H groups in total. The largest absolute Gasteiger partial charge is 0.394 e. The zero-order valence-electron chi connectivity index (χ0n) is 7.75. The van der Waals surface area contributed by atoms with Crippen molar-refractivity contribution in [2.75, 3.05) is 6.61 Å². The Balaban J connectivity index is 2.50. The lowest BCUT2D eigenvalue weighted by Crippen LogP contribution is -2.38. The van der Waals surface area contributed by atoms with Gasteiger partial charge in [-0.05, 0) is 0 Å². The molecule has 1 aliphatic heterocycles. The molecular weight excluding hydrogens is 227 g/mol. The molecule has 0 spiro atoms. The Hall–Kier alpha value is -0.660. The molecule has 88 valence electrons. The highest BCUT2D eigenvalue weighted by Crippen LogP contribution is 2.29. The maximum Gasteiger partial charge on any atom is 0.316 e. The van der Waals surface area contributed by atoms with E-state index in [1.807, 2.05) is 0 Å². The molecule has 0 saturated carbocycles. The third-order valence-electron chi connectivity index (χ3n) is 1.94. The van der Waals surface area contributed by atoms with Crippen LogP contribution in [0.4, 0.5) is 4.79 Å². The van der Waals surface area contributed by atoms with E-state index in [0.29, 0.717) is 0 Å². The van der Waals surface area contributed by atoms with Gasteiger partial charge in [-0.25, -0.2) is 4.79 Å². The van der Waals surface area contributed by atoms with Crippen molar-refractivity contribution >= 4 is 14.3 Å². The Labute approximate surface area is 86.3 Å². The van der Waals surface area contributed by atoms with E-state index in [4.69, 9.17) is 20.5 Å². The molecule has 0 radical (unpaired) electrons. The lowest BCUT2D eigenvalue weighted by atomic mass is 10.2. The van der Waals surface area contributed by atoms with Crippen LogP contribution in [0.2, 0.25) is 0 Å². The third-order valence-corrected chi connectivity index (χ3v) is 2.44. The van der Waals surface area contributed by atoms with E-state index in [2.05, 4.69) is 9.84 Å². The molecule has 1 aliphatic rings. The molecule has 1 fully saturated rings. The Morgan fingerprint density at radius 1 is 1.73 bits per heavy atom. The topological polar surface area (TPSA) is 131 Å². The lowest BCUT2D eigenvalue weighted by Gasteiger charge is -2.14. The van der Waals surface area contributed by atoms with Crippen molar-refractivity contribution in [1.82, 2.24) is 5.32 Å². The molecule has 2 amide bonds. The van der Waals surface area contributed by atoms with E-state index in [1.54, 1.807) is 0 Å². The summed E-state index contributed by atoms with van der Waals surface area (Å²) in [5.41, 5.74) is 4.87. The highest BCUT2D eigenvalue weighted by molar-refractivity contribution is 7.32. The van der Waals surface area contributed by atoms with Crippen LogP contribution in [0.1, 0.15) is 6.42 Å². The second kappa shape index (κ2) is 5.43. The second-order valence-corrected chi connectivity index (χ2v) is 3.78. The highest BCUT2D eigenvalue weighted by atomic mass is 31.1. The summed E-state index contributed by atoms with van der Waals surface area (Å²) in [7, 11) is -3.10. The third kappa shape index (κ3) is 3.77. The normalized spacial score (nSPS) is 32.5. The number of carbonyl (C=O) groups excluding carboxylic acids is 1. The average molecular weight is 240 g/mol. The van der Waals surface area contributed by atoms with Crippen LogP contribution >= 0.6 is 8.25 Å². The van der Waals surface area contributed by atoms with E-state index < -0.39 is 32.7 Å². The van der Waals surface area contributed by atoms with Crippen molar-refractivity contribution in [1.29, 1.82) is 0 Å². The summed E-state index contributed by atoms with van der Waals surface area (Å²) in [5.74, 6) is 0. The van der Waals surface area contributed by atoms with Crippen LogP contribution in [0.25, 0.3) is 0 Å². The predicted octanol–water partition coefficient (Wildman–Crippen LogP) is -1.47. The average Bonchev–Trinajstić information content (AvgIpc) is 2.45. The molecule has 0 aromatic rings. The number of nitrogens with two attached hydrogens (primary N) is 1. The van der Waals surface area contributed by atoms with Crippen molar-refractivity contribution in [3.05, 3.63) is 0 Å². The van der Waals surface area contributed by atoms with Crippen LogP contribution in [-0.2, 0) is 13.8 Å². The van der Waals surface area contributed by atoms with Crippen LogP contribution in [0.5, 0.6) is 0 Å². The summed E-state index contributed by atoms with van der Waals surface area (Å²) in [4.78, 5) is 19.1. The van der Waals surface area contributed by atoms with Crippen LogP contribution in [0.3, 0.4) is 0 Å². The lowest BCUT2D eigenvalue weighted by molar-refractivity contribution is -0.0221. The van der Waals surface area contributed by atoms with Crippen molar-refractivity contribution in [2.24, 2.45) is 5.73 Å². The number of hydrogen-bond donors (Lipinski definition) is 4. The zero-order chi connectivity index (χ0) is 11.4. The van der Waals surface area contributed by atoms with Crippen molar-refractivity contribution in [3.8, 4) is 0 Å². The molecule has 0 aliphatic carbocycles. The molecular formula is C6H13N2O6P. The first-order valence-corrected chi connectivity index (χ1v) is 5.51. The fourth-order valence-electron chi connectivity index (χ4n) is 1.38. The van der Waals surface area contributed by atoms with Crippen molar-refractivity contribution in [3.63, 3.8) is 0 Å². The van der Waals surface area contributed by atoms with Crippen LogP contribution < -0.4 is 11.1 Å². The minimum Gasteiger partial charge on any atom is -0.394 e. The van der Waals surface area contributed by atoms with E-state index in [0.717, 1.165) is 0 Å². The van der Waals surface area contributed by atoms with Gasteiger partial charge in [-0.15, -0.1) is 0 Å². The van der Waals surface area contributed by atoms with Gasteiger partial charge in [-0.1, -0.05) is 0 Å². The smallest absolute Gasteiger partial charge is 0.316 e. The van der Waals surface area contributed by atoms with Gasteiger partial charge < -0.3 is 30.3 Å². The maximum atomic E-state index is 10.5. The molecule has 1 saturated heterocycles. The minimum absolute atomic E-state index is 0.172. The van der Waals surface area contributed by atoms with Crippen molar-refractivity contribution in [2.45, 2.75) is 24.9 Å². The number of amides is 2. The predicted molar refractivity (Wildman–Crippen MR) is 49.2 cm³/mol. The number of urea groups is 1. The molecule has 8 nitrogen and oxygen atoms in total. The van der Waals surface area contributed by atoms with Crippen LogP contribution in [-0.4, -0.2) is 41.1 Å². The molecule has 4 atom stereocenters. The number of aliphatic hydroxyl groups excluding tert-OH is 1. The van der Waals surface area contributed by atoms with Gasteiger partial charge in [0.15, 0.2) is 0 Å². The summed E-state index contributed by atoms with van der Waals surface area (Å²) in [6, 6.07) is -0.769. The molecule has 1 rings (SSSR count). The first-order valence-electron chi connectivity index (χ1n) is 4.24. The number of rotatable bonds is 4. The van der Waals surface area contributed by atoms with Gasteiger partial charge in [0, 0.05) is 6.42 Å². The standard InChI is InChI=1S/C6H13N2O6P/c7-6(10)8-5-1-3(14-15(11)12)4(2-9)13-5/h3-5,9,15H,1-2H2,(H,11,12)(H3,7,8,10)/t3?,4-,5-/m1/s1. The highest BCUT2D eigenvalue weighted by Gasteiger charge is 2.37. The van der Waals surface area contributed by atoms with Crippen LogP contribution in [0.15, 0.2) is 0 Å². The Morgan fingerprint density at radius 3 is 2.87 bits per heavy atom. The molecule has 2 unspecified atom stereocenters. The fourth-order valence-corrected chi connectivity index (χ4v) is 1.89. The quantitative estimate of drug-likeness (QED) is 0.443. The number of hydrogen-bond acceptors (Lipinski definition) is 5. The SMILES string of the molecule is NC(=O)N[C@H]1CC(O[PH](=O)O)[C@@H](CO)O1. The van der Waals surface area contributed by atoms with Gasteiger partial charge >= 0.3 is 14.3 Å². The van der Waals surface area contributed by atoms with E-state index in [-0.39, 0.29) is 13.0 Å². The summed E-state index contributed by atoms with van der Waals surface area (Å²) in [6.45, 7) is -0.364. The molecule has 0 aromatic heterocycles. The Kier molecular flexibility index (Phi) is 4.49. The molecule has 1 heterocycles. The van der Waals surface area contributed by atoms with Crippen molar-refractivity contribution < 1.29 is 28.6 Å².